The molecule has 2 saturated heterocycles. The van der Waals surface area contributed by atoms with Crippen molar-refractivity contribution in [3.8, 4) is 33.6 Å². The van der Waals surface area contributed by atoms with Crippen molar-refractivity contribution in [2.75, 3.05) is 14.2 Å². The van der Waals surface area contributed by atoms with E-state index in [1.165, 1.54) is 42.9 Å². The lowest BCUT2D eigenvalue weighted by Gasteiger charge is -2.30. The third kappa shape index (κ3) is 7.04. The molecule has 4 aromatic carbocycles. The van der Waals surface area contributed by atoms with Crippen molar-refractivity contribution in [2.24, 2.45) is 16.8 Å². The first-order valence-corrected chi connectivity index (χ1v) is 21.5. The third-order valence-corrected chi connectivity index (χ3v) is 13.6. The van der Waals surface area contributed by atoms with Crippen molar-refractivity contribution in [2.45, 2.75) is 68.4 Å². The number of rotatable bonds is 12. The summed E-state index contributed by atoms with van der Waals surface area (Å²) in [5.74, 6) is 2.12. The lowest BCUT2D eigenvalue weighted by molar-refractivity contribution is -0.188. The number of piperidine rings is 2. The molecule has 4 fully saturated rings. The van der Waals surface area contributed by atoms with Gasteiger partial charge in [0.2, 0.25) is 6.40 Å². The number of aromatic nitrogens is 4. The molecule has 2 aromatic heterocycles. The number of benzene rings is 4. The minimum Gasteiger partial charge on any atom is -0.453 e. The van der Waals surface area contributed by atoms with Crippen LogP contribution >= 0.6 is 0 Å². The number of aliphatic imine (C=N–C) groups is 1. The van der Waals surface area contributed by atoms with Gasteiger partial charge in [0.1, 0.15) is 17.7 Å². The molecule has 0 bridgehead atoms. The number of nitrogens with zero attached hydrogens (tertiary/aromatic N) is 5. The van der Waals surface area contributed by atoms with Gasteiger partial charge in [0.05, 0.1) is 50.1 Å². The monoisotopic (exact) mass is 842 g/mol. The Morgan fingerprint density at radius 3 is 1.79 bits per heavy atom. The van der Waals surface area contributed by atoms with Gasteiger partial charge in [-0.2, -0.15) is 4.89 Å². The molecular weight excluding hydrogens is 797 g/mol. The molecule has 5 aliphatic rings. The van der Waals surface area contributed by atoms with Crippen molar-refractivity contribution >= 4 is 24.3 Å². The summed E-state index contributed by atoms with van der Waals surface area (Å²) in [7, 11) is 2.70. The molecule has 2 aliphatic heterocycles. The summed E-state index contributed by atoms with van der Waals surface area (Å²) >= 11 is 0. The molecule has 0 spiro atoms. The van der Waals surface area contributed by atoms with Gasteiger partial charge in [-0.3, -0.25) is 9.59 Å². The highest BCUT2D eigenvalue weighted by Crippen LogP contribution is 2.55. The van der Waals surface area contributed by atoms with Crippen LogP contribution in [0.15, 0.2) is 114 Å². The van der Waals surface area contributed by atoms with Crippen molar-refractivity contribution in [1.29, 1.82) is 0 Å². The fraction of sp³-hybridized carbons (Fsp3) is 0.306. The van der Waals surface area contributed by atoms with Gasteiger partial charge in [0.25, 0.3) is 11.8 Å². The van der Waals surface area contributed by atoms with Crippen LogP contribution in [0.25, 0.3) is 33.6 Å². The highest BCUT2D eigenvalue weighted by Gasteiger charge is 2.57. The Bertz CT molecular complexity index is 2750. The molecule has 3 aliphatic carbocycles. The van der Waals surface area contributed by atoms with Crippen LogP contribution in [0.4, 0.5) is 4.79 Å². The lowest BCUT2D eigenvalue weighted by Crippen LogP contribution is -2.44. The molecule has 0 unspecified atom stereocenters. The molecule has 3 N–H and O–H groups in total. The summed E-state index contributed by atoms with van der Waals surface area (Å²) in [4.78, 5) is 75.7. The van der Waals surface area contributed by atoms with Crippen LogP contribution in [-0.4, -0.2) is 80.3 Å². The SMILES string of the molecule is COOC=N[C@@H](C(=O)N1[C@@H]2C[C@@H]2C[C@H]1c1ncc(-c2ccc3c(c2)Cc2cc(-c4cnc([C@@H]5C[C@H]6C[C@H]6N5C(=O)[C@H](NC(=O)OC)c5ccccc5)[nH]4)ccc2-3)[nH]1)c1ccccc1. The molecule has 2 saturated carbocycles. The van der Waals surface area contributed by atoms with Crippen molar-refractivity contribution < 1.29 is 28.9 Å². The van der Waals surface area contributed by atoms with Gasteiger partial charge >= 0.3 is 6.09 Å². The minimum absolute atomic E-state index is 0.0832. The molecule has 318 valence electrons. The van der Waals surface area contributed by atoms with E-state index in [1.54, 1.807) is 0 Å². The van der Waals surface area contributed by atoms with Crippen LogP contribution in [0.2, 0.25) is 0 Å². The molecule has 8 atom stereocenters. The lowest BCUT2D eigenvalue weighted by atomic mass is 10.0. The third-order valence-electron chi connectivity index (χ3n) is 13.6. The number of likely N-dealkylation sites (tertiary alicyclic amines) is 2. The van der Waals surface area contributed by atoms with E-state index in [2.05, 4.69) is 56.7 Å². The number of carbonyl (C=O) groups excluding carboxylic acids is 3. The fourth-order valence-electron chi connectivity index (χ4n) is 10.3. The fourth-order valence-corrected chi connectivity index (χ4v) is 10.3. The van der Waals surface area contributed by atoms with Gasteiger partial charge in [-0.05, 0) is 101 Å². The number of hydrogen-bond acceptors (Lipinski definition) is 9. The number of alkyl carbamates (subject to hydrolysis) is 1. The molecule has 3 amide bonds. The zero-order chi connectivity index (χ0) is 42.8. The molecule has 0 radical (unpaired) electrons. The Morgan fingerprint density at radius 2 is 1.25 bits per heavy atom. The summed E-state index contributed by atoms with van der Waals surface area (Å²) < 4.78 is 4.89. The molecule has 63 heavy (non-hydrogen) atoms. The van der Waals surface area contributed by atoms with E-state index in [0.29, 0.717) is 17.4 Å². The number of methoxy groups -OCH3 is 1. The van der Waals surface area contributed by atoms with E-state index in [0.717, 1.165) is 71.8 Å². The number of nitrogens with one attached hydrogen (secondary N) is 3. The predicted molar refractivity (Wildman–Crippen MR) is 233 cm³/mol. The number of imidazole rings is 2. The summed E-state index contributed by atoms with van der Waals surface area (Å²) in [6.45, 7) is 0. The van der Waals surface area contributed by atoms with Crippen LogP contribution in [0.5, 0.6) is 0 Å². The molecule has 4 heterocycles. The van der Waals surface area contributed by atoms with Gasteiger partial charge < -0.3 is 34.7 Å². The summed E-state index contributed by atoms with van der Waals surface area (Å²) in [6, 6.07) is 30.1. The van der Waals surface area contributed by atoms with Crippen molar-refractivity contribution in [1.82, 2.24) is 35.1 Å². The number of amides is 3. The van der Waals surface area contributed by atoms with Crippen LogP contribution in [0.3, 0.4) is 0 Å². The summed E-state index contributed by atoms with van der Waals surface area (Å²) in [5.41, 5.74) is 10.2. The average molecular weight is 843 g/mol. The highest BCUT2D eigenvalue weighted by molar-refractivity contribution is 5.88. The van der Waals surface area contributed by atoms with E-state index in [9.17, 15) is 14.4 Å². The van der Waals surface area contributed by atoms with E-state index in [1.807, 2.05) is 82.9 Å². The summed E-state index contributed by atoms with van der Waals surface area (Å²) in [5, 5.41) is 2.77. The average Bonchev–Trinajstić information content (AvgIpc) is 3.79. The van der Waals surface area contributed by atoms with Crippen LogP contribution in [0, 0.1) is 11.8 Å². The van der Waals surface area contributed by atoms with Crippen LogP contribution < -0.4 is 5.32 Å². The van der Waals surface area contributed by atoms with Gasteiger partial charge in [-0.25, -0.2) is 19.8 Å². The van der Waals surface area contributed by atoms with Crippen LogP contribution in [0.1, 0.15) is 83.8 Å². The Morgan fingerprint density at radius 1 is 0.714 bits per heavy atom. The number of ether oxygens (including phenoxy) is 1. The maximum atomic E-state index is 14.2. The van der Waals surface area contributed by atoms with Crippen molar-refractivity contribution in [3.63, 3.8) is 0 Å². The first kappa shape index (κ1) is 38.8. The zero-order valence-corrected chi connectivity index (χ0v) is 34.8. The Kier molecular flexibility index (Phi) is 9.67. The van der Waals surface area contributed by atoms with E-state index in [4.69, 9.17) is 24.5 Å². The molecule has 6 aromatic rings. The van der Waals surface area contributed by atoms with Crippen molar-refractivity contribution in [3.05, 3.63) is 143 Å². The first-order chi connectivity index (χ1) is 30.9. The van der Waals surface area contributed by atoms with Crippen LogP contribution in [-0.2, 0) is 30.5 Å². The number of H-pyrrole nitrogens is 2. The van der Waals surface area contributed by atoms with E-state index in [-0.39, 0.29) is 36.0 Å². The predicted octanol–water partition coefficient (Wildman–Crippen LogP) is 7.81. The quantitative estimate of drug-likeness (QED) is 0.0485. The summed E-state index contributed by atoms with van der Waals surface area (Å²) in [6.07, 6.45) is 8.64. The van der Waals surface area contributed by atoms with Gasteiger partial charge in [-0.15, -0.1) is 0 Å². The molecule has 14 nitrogen and oxygen atoms in total. The Balaban J connectivity index is 0.800. The highest BCUT2D eigenvalue weighted by atomic mass is 17.2. The smallest absolute Gasteiger partial charge is 0.407 e. The second-order valence-corrected chi connectivity index (χ2v) is 17.2. The first-order valence-electron chi connectivity index (χ1n) is 21.5. The molecular formula is C49H46N8O6. The second kappa shape index (κ2) is 15.7. The molecule has 11 rings (SSSR count). The second-order valence-electron chi connectivity index (χ2n) is 17.2. The number of aromatic amines is 2. The largest absolute Gasteiger partial charge is 0.453 e. The van der Waals surface area contributed by atoms with E-state index < -0.39 is 18.2 Å². The number of carbonyl (C=O) groups is 3. The topological polar surface area (TPSA) is 167 Å². The molecule has 14 heteroatoms. The number of fused-ring (bicyclic) bond motifs is 5. The maximum absolute atomic E-state index is 14.2. The van der Waals surface area contributed by atoms with Gasteiger partial charge in [-0.1, -0.05) is 84.9 Å². The Hall–Kier alpha value is -7.06. The standard InChI is InChI=1S/C49H46N8O6/c1-61-49(60)55-44(28-11-7-4-8-12-28)48(59)57-40-21-34(40)23-42(57)46-51-25-38(54-46)30-14-16-36-32(18-30)19-31-17-29(13-15-35(31)36)37-24-50-45(53-37)41-22-33-20-39(33)56(41)47(58)43(52-26-63-62-2)27-9-5-3-6-10-27/h3-18,24-26,33-34,39-44H,19-23H2,1-2H3,(H,50,53)(H,51,54)(H,55,60)/t33-,34-,39-,40-,41+,42+,43-,44-/m1/s1. The van der Waals surface area contributed by atoms with Gasteiger partial charge in [0.15, 0.2) is 6.04 Å². The zero-order valence-electron chi connectivity index (χ0n) is 34.8. The maximum Gasteiger partial charge on any atom is 0.407 e. The Labute approximate surface area is 363 Å². The van der Waals surface area contributed by atoms with E-state index >= 15 is 0 Å². The normalized spacial score (nSPS) is 23.4. The minimum atomic E-state index is -0.871. The van der Waals surface area contributed by atoms with Gasteiger partial charge in [0, 0.05) is 12.1 Å². The number of hydrogen-bond donors (Lipinski definition) is 3.